The highest BCUT2D eigenvalue weighted by molar-refractivity contribution is 7.99. The van der Waals surface area contributed by atoms with E-state index in [4.69, 9.17) is 4.74 Å². The number of hydrogen-bond donors (Lipinski definition) is 1. The van der Waals surface area contributed by atoms with Crippen LogP contribution >= 0.6 is 11.8 Å². The third-order valence-corrected chi connectivity index (χ3v) is 4.14. The largest absolute Gasteiger partial charge is 0.497 e. The molecule has 0 bridgehead atoms. The van der Waals surface area contributed by atoms with E-state index in [2.05, 4.69) is 27.8 Å². The molecule has 8 heteroatoms. The van der Waals surface area contributed by atoms with Gasteiger partial charge in [0.15, 0.2) is 0 Å². The zero-order valence-corrected chi connectivity index (χ0v) is 14.3. The van der Waals surface area contributed by atoms with E-state index in [0.717, 1.165) is 24.3 Å². The molecule has 2 aromatic rings. The molecule has 124 valence electrons. The van der Waals surface area contributed by atoms with E-state index in [9.17, 15) is 4.79 Å². The summed E-state index contributed by atoms with van der Waals surface area (Å²) in [5.74, 6) is 1.03. The van der Waals surface area contributed by atoms with Crippen LogP contribution in [0, 0.1) is 0 Å². The number of nitrogens with zero attached hydrogens (tertiary/aromatic N) is 4. The van der Waals surface area contributed by atoms with Crippen molar-refractivity contribution in [1.82, 2.24) is 25.5 Å². The number of nitrogens with one attached hydrogen (secondary N) is 1. The summed E-state index contributed by atoms with van der Waals surface area (Å²) < 4.78 is 6.74. The molecule has 0 aliphatic rings. The molecule has 1 aromatic carbocycles. The van der Waals surface area contributed by atoms with Gasteiger partial charge in [-0.05, 0) is 48.0 Å². The number of carbonyl (C=O) groups is 1. The highest BCUT2D eigenvalue weighted by Gasteiger charge is 2.13. The van der Waals surface area contributed by atoms with E-state index in [1.165, 1.54) is 11.8 Å². The lowest BCUT2D eigenvalue weighted by atomic mass is 10.2. The molecule has 1 atom stereocenters. The zero-order valence-electron chi connectivity index (χ0n) is 13.5. The lowest BCUT2D eigenvalue weighted by molar-refractivity contribution is -0.119. The van der Waals surface area contributed by atoms with E-state index < -0.39 is 0 Å². The standard InChI is InChI=1S/C15H21N5O2S/c1-4-5-11(2)16-14(21)10-23-15-17-18-19-20(15)12-6-8-13(22-3)9-7-12/h6-9,11H,4-5,10H2,1-3H3,(H,16,21). The zero-order chi connectivity index (χ0) is 16.7. The maximum absolute atomic E-state index is 11.9. The summed E-state index contributed by atoms with van der Waals surface area (Å²) in [7, 11) is 1.62. The van der Waals surface area contributed by atoms with E-state index >= 15 is 0 Å². The molecule has 1 unspecified atom stereocenters. The van der Waals surface area contributed by atoms with E-state index in [1.54, 1.807) is 11.8 Å². The molecule has 0 aliphatic heterocycles. The predicted octanol–water partition coefficient (Wildman–Crippen LogP) is 2.07. The van der Waals surface area contributed by atoms with E-state index in [1.807, 2.05) is 31.2 Å². The summed E-state index contributed by atoms with van der Waals surface area (Å²) in [5, 5.41) is 15.2. The van der Waals surface area contributed by atoms with Crippen LogP contribution < -0.4 is 10.1 Å². The Bertz CT molecular complexity index is 629. The molecular weight excluding hydrogens is 314 g/mol. The number of amides is 1. The molecule has 23 heavy (non-hydrogen) atoms. The first-order valence-electron chi connectivity index (χ1n) is 7.49. The quantitative estimate of drug-likeness (QED) is 0.744. The van der Waals surface area contributed by atoms with Gasteiger partial charge in [-0.15, -0.1) is 5.10 Å². The highest BCUT2D eigenvalue weighted by atomic mass is 32.2. The molecule has 1 amide bonds. The summed E-state index contributed by atoms with van der Waals surface area (Å²) in [6, 6.07) is 7.59. The highest BCUT2D eigenvalue weighted by Crippen LogP contribution is 2.20. The van der Waals surface area contributed by atoms with E-state index in [-0.39, 0.29) is 17.7 Å². The minimum Gasteiger partial charge on any atom is -0.497 e. The molecule has 0 saturated carbocycles. The topological polar surface area (TPSA) is 81.9 Å². The van der Waals surface area contributed by atoms with Crippen LogP contribution in [-0.2, 0) is 4.79 Å². The monoisotopic (exact) mass is 335 g/mol. The van der Waals surface area contributed by atoms with Crippen LogP contribution in [0.4, 0.5) is 0 Å². The van der Waals surface area contributed by atoms with Crippen LogP contribution in [0.3, 0.4) is 0 Å². The summed E-state index contributed by atoms with van der Waals surface area (Å²) in [5.41, 5.74) is 0.818. The molecule has 1 heterocycles. The number of aromatic nitrogens is 4. The van der Waals surface area contributed by atoms with Crippen molar-refractivity contribution >= 4 is 17.7 Å². The molecule has 0 aliphatic carbocycles. The number of thioether (sulfide) groups is 1. The number of tetrazole rings is 1. The van der Waals surface area contributed by atoms with Gasteiger partial charge in [-0.25, -0.2) is 0 Å². The lowest BCUT2D eigenvalue weighted by Crippen LogP contribution is -2.33. The number of carbonyl (C=O) groups excluding carboxylic acids is 1. The second-order valence-corrected chi connectivity index (χ2v) is 6.06. The Balaban J connectivity index is 1.96. The number of ether oxygens (including phenoxy) is 1. The van der Waals surface area contributed by atoms with Gasteiger partial charge in [0.1, 0.15) is 5.75 Å². The Hall–Kier alpha value is -2.09. The summed E-state index contributed by atoms with van der Waals surface area (Å²) in [6.07, 6.45) is 2.02. The Morgan fingerprint density at radius 1 is 1.39 bits per heavy atom. The number of methoxy groups -OCH3 is 1. The van der Waals surface area contributed by atoms with Gasteiger partial charge in [-0.2, -0.15) is 4.68 Å². The molecular formula is C15H21N5O2S. The Labute approximate surface area is 139 Å². The maximum Gasteiger partial charge on any atom is 0.230 e. The van der Waals surface area contributed by atoms with Crippen molar-refractivity contribution in [2.24, 2.45) is 0 Å². The normalized spacial score (nSPS) is 12.0. The second kappa shape index (κ2) is 8.52. The van der Waals surface area contributed by atoms with Gasteiger partial charge in [0.05, 0.1) is 18.6 Å². The minimum atomic E-state index is -0.0137. The van der Waals surface area contributed by atoms with Crippen molar-refractivity contribution in [2.45, 2.75) is 37.9 Å². The number of benzene rings is 1. The number of hydrogen-bond acceptors (Lipinski definition) is 6. The Morgan fingerprint density at radius 2 is 2.13 bits per heavy atom. The molecule has 1 aromatic heterocycles. The van der Waals surface area contributed by atoms with Crippen LogP contribution in [0.25, 0.3) is 5.69 Å². The Kier molecular flexibility index (Phi) is 6.40. The molecule has 0 fully saturated rings. The van der Waals surface area contributed by atoms with Gasteiger partial charge in [0.25, 0.3) is 0 Å². The van der Waals surface area contributed by atoms with Crippen LogP contribution in [0.2, 0.25) is 0 Å². The van der Waals surface area contributed by atoms with Crippen molar-refractivity contribution < 1.29 is 9.53 Å². The van der Waals surface area contributed by atoms with Gasteiger partial charge in [0, 0.05) is 6.04 Å². The minimum absolute atomic E-state index is 0.0137. The van der Waals surface area contributed by atoms with Gasteiger partial charge < -0.3 is 10.1 Å². The first kappa shape index (κ1) is 17.3. The fourth-order valence-corrected chi connectivity index (χ4v) is 2.81. The van der Waals surface area contributed by atoms with Crippen molar-refractivity contribution in [3.63, 3.8) is 0 Å². The van der Waals surface area contributed by atoms with Crippen molar-refractivity contribution in [3.8, 4) is 11.4 Å². The maximum atomic E-state index is 11.9. The summed E-state index contributed by atoms with van der Waals surface area (Å²) in [6.45, 7) is 4.11. The number of rotatable bonds is 8. The molecule has 0 spiro atoms. The Morgan fingerprint density at radius 3 is 2.78 bits per heavy atom. The third-order valence-electron chi connectivity index (χ3n) is 3.22. The molecule has 1 N–H and O–H groups in total. The lowest BCUT2D eigenvalue weighted by Gasteiger charge is -2.12. The van der Waals surface area contributed by atoms with Crippen LogP contribution in [0.1, 0.15) is 26.7 Å². The SMILES string of the molecule is CCCC(C)NC(=O)CSc1nnnn1-c1ccc(OC)cc1. The first-order valence-corrected chi connectivity index (χ1v) is 8.47. The van der Waals surface area contributed by atoms with Gasteiger partial charge in [-0.1, -0.05) is 25.1 Å². The summed E-state index contributed by atoms with van der Waals surface area (Å²) in [4.78, 5) is 11.9. The average Bonchev–Trinajstić information content (AvgIpc) is 3.01. The van der Waals surface area contributed by atoms with Crippen molar-refractivity contribution in [2.75, 3.05) is 12.9 Å². The predicted molar refractivity (Wildman–Crippen MR) is 88.9 cm³/mol. The van der Waals surface area contributed by atoms with Crippen LogP contribution in [-0.4, -0.2) is 45.0 Å². The average molecular weight is 335 g/mol. The molecule has 7 nitrogen and oxygen atoms in total. The third kappa shape index (κ3) is 4.95. The fraction of sp³-hybridized carbons (Fsp3) is 0.467. The summed E-state index contributed by atoms with van der Waals surface area (Å²) >= 11 is 1.31. The first-order chi connectivity index (χ1) is 11.1. The van der Waals surface area contributed by atoms with Gasteiger partial charge in [-0.3, -0.25) is 4.79 Å². The van der Waals surface area contributed by atoms with Gasteiger partial charge in [0.2, 0.25) is 11.1 Å². The van der Waals surface area contributed by atoms with E-state index in [0.29, 0.717) is 5.16 Å². The fourth-order valence-electron chi connectivity index (χ4n) is 2.11. The molecule has 0 saturated heterocycles. The molecule has 0 radical (unpaired) electrons. The smallest absolute Gasteiger partial charge is 0.230 e. The van der Waals surface area contributed by atoms with Gasteiger partial charge >= 0.3 is 0 Å². The molecule has 2 rings (SSSR count). The van der Waals surface area contributed by atoms with Crippen molar-refractivity contribution in [1.29, 1.82) is 0 Å². The van der Waals surface area contributed by atoms with Crippen LogP contribution in [0.15, 0.2) is 29.4 Å². The second-order valence-electron chi connectivity index (χ2n) is 5.12. The van der Waals surface area contributed by atoms with Crippen molar-refractivity contribution in [3.05, 3.63) is 24.3 Å². The van der Waals surface area contributed by atoms with Crippen LogP contribution in [0.5, 0.6) is 5.75 Å².